The van der Waals surface area contributed by atoms with E-state index >= 15 is 0 Å². The standard InChI is InChI=1S/C18H29N3O.ClH/c1-15(2)22-18-5-3-16(4-6-18)13-20-10-7-17(14-20)21-11-8-19-9-12-21;/h3-6,15,17,19H,7-14H2,1-2H3;1H. The third kappa shape index (κ3) is 5.35. The lowest BCUT2D eigenvalue weighted by atomic mass is 10.2. The van der Waals surface area contributed by atoms with Crippen LogP contribution < -0.4 is 10.1 Å². The summed E-state index contributed by atoms with van der Waals surface area (Å²) in [5.41, 5.74) is 1.39. The van der Waals surface area contributed by atoms with E-state index in [1.807, 2.05) is 0 Å². The lowest BCUT2D eigenvalue weighted by Gasteiger charge is -2.32. The molecule has 0 bridgehead atoms. The van der Waals surface area contributed by atoms with Crippen LogP contribution in [0.4, 0.5) is 0 Å². The minimum atomic E-state index is 0. The molecule has 130 valence electrons. The number of hydrogen-bond donors (Lipinski definition) is 1. The molecule has 3 rings (SSSR count). The molecule has 1 unspecified atom stereocenters. The first-order chi connectivity index (χ1) is 10.7. The quantitative estimate of drug-likeness (QED) is 0.891. The molecular weight excluding hydrogens is 310 g/mol. The number of halogens is 1. The fourth-order valence-corrected chi connectivity index (χ4v) is 3.50. The molecule has 1 atom stereocenters. The van der Waals surface area contributed by atoms with Crippen molar-refractivity contribution in [1.82, 2.24) is 15.1 Å². The first-order valence-corrected chi connectivity index (χ1v) is 8.63. The Morgan fingerprint density at radius 2 is 1.83 bits per heavy atom. The molecule has 0 amide bonds. The summed E-state index contributed by atoms with van der Waals surface area (Å²) < 4.78 is 5.71. The average Bonchev–Trinajstić information content (AvgIpc) is 2.98. The van der Waals surface area contributed by atoms with Gasteiger partial charge < -0.3 is 10.1 Å². The van der Waals surface area contributed by atoms with Crippen molar-refractivity contribution < 1.29 is 4.74 Å². The minimum Gasteiger partial charge on any atom is -0.491 e. The number of likely N-dealkylation sites (tertiary alicyclic amines) is 1. The number of piperazine rings is 1. The zero-order valence-corrected chi connectivity index (χ0v) is 15.1. The van der Waals surface area contributed by atoms with Crippen LogP contribution in [0.2, 0.25) is 0 Å². The van der Waals surface area contributed by atoms with Gasteiger partial charge in [0.05, 0.1) is 6.10 Å². The lowest BCUT2D eigenvalue weighted by molar-refractivity contribution is 0.170. The third-order valence-corrected chi connectivity index (χ3v) is 4.62. The Morgan fingerprint density at radius 1 is 1.13 bits per heavy atom. The van der Waals surface area contributed by atoms with Gasteiger partial charge >= 0.3 is 0 Å². The van der Waals surface area contributed by atoms with Gasteiger partial charge in [0, 0.05) is 51.9 Å². The summed E-state index contributed by atoms with van der Waals surface area (Å²) in [5, 5.41) is 3.44. The molecular formula is C18H30ClN3O. The van der Waals surface area contributed by atoms with E-state index in [2.05, 4.69) is 53.2 Å². The second-order valence-electron chi connectivity index (χ2n) is 6.77. The van der Waals surface area contributed by atoms with E-state index in [4.69, 9.17) is 4.74 Å². The van der Waals surface area contributed by atoms with Crippen molar-refractivity contribution in [2.45, 2.75) is 39.0 Å². The Kier molecular flexibility index (Phi) is 7.15. The van der Waals surface area contributed by atoms with E-state index < -0.39 is 0 Å². The summed E-state index contributed by atoms with van der Waals surface area (Å²) in [4.78, 5) is 5.25. The third-order valence-electron chi connectivity index (χ3n) is 4.62. The van der Waals surface area contributed by atoms with E-state index in [0.29, 0.717) is 0 Å². The van der Waals surface area contributed by atoms with Gasteiger partial charge in [-0.2, -0.15) is 0 Å². The van der Waals surface area contributed by atoms with Crippen LogP contribution in [-0.4, -0.2) is 61.2 Å². The van der Waals surface area contributed by atoms with Crippen LogP contribution in [-0.2, 0) is 6.54 Å². The fraction of sp³-hybridized carbons (Fsp3) is 0.667. The summed E-state index contributed by atoms with van der Waals surface area (Å²) >= 11 is 0. The molecule has 5 heteroatoms. The van der Waals surface area contributed by atoms with E-state index in [0.717, 1.165) is 31.4 Å². The molecule has 2 aliphatic rings. The van der Waals surface area contributed by atoms with Crippen molar-refractivity contribution >= 4 is 12.4 Å². The Labute approximate surface area is 146 Å². The van der Waals surface area contributed by atoms with Gasteiger partial charge in [0.1, 0.15) is 5.75 Å². The van der Waals surface area contributed by atoms with Crippen molar-refractivity contribution in [3.05, 3.63) is 29.8 Å². The molecule has 1 aromatic rings. The van der Waals surface area contributed by atoms with Gasteiger partial charge in [-0.05, 0) is 38.0 Å². The summed E-state index contributed by atoms with van der Waals surface area (Å²) in [5.74, 6) is 0.971. The van der Waals surface area contributed by atoms with Crippen LogP contribution in [0.1, 0.15) is 25.8 Å². The molecule has 0 aliphatic carbocycles. The van der Waals surface area contributed by atoms with Gasteiger partial charge in [-0.25, -0.2) is 0 Å². The second-order valence-corrected chi connectivity index (χ2v) is 6.77. The SMILES string of the molecule is CC(C)Oc1ccc(CN2CCC(N3CCNCC3)C2)cc1.Cl. The van der Waals surface area contributed by atoms with Gasteiger partial charge in [0.15, 0.2) is 0 Å². The molecule has 0 saturated carbocycles. The van der Waals surface area contributed by atoms with E-state index in [1.165, 1.54) is 38.2 Å². The van der Waals surface area contributed by atoms with Crippen LogP contribution in [0, 0.1) is 0 Å². The van der Waals surface area contributed by atoms with Crippen molar-refractivity contribution in [2.24, 2.45) is 0 Å². The smallest absolute Gasteiger partial charge is 0.119 e. The summed E-state index contributed by atoms with van der Waals surface area (Å²) in [7, 11) is 0. The maximum atomic E-state index is 5.71. The number of nitrogens with one attached hydrogen (secondary N) is 1. The number of rotatable bonds is 5. The molecule has 2 aliphatic heterocycles. The Hall–Kier alpha value is -0.810. The van der Waals surface area contributed by atoms with Gasteiger partial charge in [-0.15, -0.1) is 12.4 Å². The van der Waals surface area contributed by atoms with E-state index in [-0.39, 0.29) is 18.5 Å². The number of ether oxygens (including phenoxy) is 1. The van der Waals surface area contributed by atoms with Gasteiger partial charge in [0.2, 0.25) is 0 Å². The highest BCUT2D eigenvalue weighted by Crippen LogP contribution is 2.20. The van der Waals surface area contributed by atoms with Crippen LogP contribution >= 0.6 is 12.4 Å². The normalized spacial score (nSPS) is 23.0. The van der Waals surface area contributed by atoms with Crippen molar-refractivity contribution in [1.29, 1.82) is 0 Å². The second kappa shape index (κ2) is 8.88. The topological polar surface area (TPSA) is 27.7 Å². The number of hydrogen-bond acceptors (Lipinski definition) is 4. The zero-order chi connectivity index (χ0) is 15.4. The Bertz CT molecular complexity index is 460. The zero-order valence-electron chi connectivity index (χ0n) is 14.3. The monoisotopic (exact) mass is 339 g/mol. The van der Waals surface area contributed by atoms with Gasteiger partial charge in [-0.1, -0.05) is 12.1 Å². The molecule has 0 radical (unpaired) electrons. The first-order valence-electron chi connectivity index (χ1n) is 8.63. The first kappa shape index (κ1) is 18.5. The number of benzene rings is 1. The van der Waals surface area contributed by atoms with Crippen molar-refractivity contribution in [3.8, 4) is 5.75 Å². The van der Waals surface area contributed by atoms with Crippen LogP contribution in [0.25, 0.3) is 0 Å². The minimum absolute atomic E-state index is 0. The van der Waals surface area contributed by atoms with Crippen LogP contribution in [0.15, 0.2) is 24.3 Å². The van der Waals surface area contributed by atoms with Crippen molar-refractivity contribution in [3.63, 3.8) is 0 Å². The molecule has 0 spiro atoms. The molecule has 1 N–H and O–H groups in total. The molecule has 0 aromatic heterocycles. The Balaban J connectivity index is 0.00000192. The van der Waals surface area contributed by atoms with Gasteiger partial charge in [0.25, 0.3) is 0 Å². The average molecular weight is 340 g/mol. The molecule has 2 saturated heterocycles. The van der Waals surface area contributed by atoms with E-state index in [1.54, 1.807) is 0 Å². The maximum absolute atomic E-state index is 5.71. The van der Waals surface area contributed by atoms with Crippen LogP contribution in [0.5, 0.6) is 5.75 Å². The largest absolute Gasteiger partial charge is 0.491 e. The molecule has 2 heterocycles. The molecule has 1 aromatic carbocycles. The molecule has 2 fully saturated rings. The molecule has 4 nitrogen and oxygen atoms in total. The summed E-state index contributed by atoms with van der Waals surface area (Å²) in [6.45, 7) is 12.3. The Morgan fingerprint density at radius 3 is 2.48 bits per heavy atom. The highest BCUT2D eigenvalue weighted by Gasteiger charge is 2.28. The van der Waals surface area contributed by atoms with Crippen LogP contribution in [0.3, 0.4) is 0 Å². The predicted octanol–water partition coefficient (Wildman–Crippen LogP) is 2.38. The summed E-state index contributed by atoms with van der Waals surface area (Å²) in [6.07, 6.45) is 1.55. The van der Waals surface area contributed by atoms with Crippen molar-refractivity contribution in [2.75, 3.05) is 39.3 Å². The molecule has 23 heavy (non-hydrogen) atoms. The highest BCUT2D eigenvalue weighted by atomic mass is 35.5. The summed E-state index contributed by atoms with van der Waals surface area (Å²) in [6, 6.07) is 9.36. The lowest BCUT2D eigenvalue weighted by Crippen LogP contribution is -2.49. The van der Waals surface area contributed by atoms with E-state index in [9.17, 15) is 0 Å². The predicted molar refractivity (Wildman–Crippen MR) is 97.6 cm³/mol. The number of nitrogens with zero attached hydrogens (tertiary/aromatic N) is 2. The van der Waals surface area contributed by atoms with Gasteiger partial charge in [-0.3, -0.25) is 9.80 Å². The maximum Gasteiger partial charge on any atom is 0.119 e. The fourth-order valence-electron chi connectivity index (χ4n) is 3.50. The highest BCUT2D eigenvalue weighted by molar-refractivity contribution is 5.85.